The summed E-state index contributed by atoms with van der Waals surface area (Å²) in [5.74, 6) is 1.00. The van der Waals surface area contributed by atoms with Crippen molar-refractivity contribution in [1.82, 2.24) is 9.71 Å². The van der Waals surface area contributed by atoms with Crippen LogP contribution in [0.5, 0.6) is 11.5 Å². The van der Waals surface area contributed by atoms with Crippen molar-refractivity contribution >= 4 is 21.6 Å². The molecule has 0 bridgehead atoms. The molecule has 0 aliphatic rings. The number of hydrogen-bond acceptors (Lipinski definition) is 4. The summed E-state index contributed by atoms with van der Waals surface area (Å²) >= 11 is 6.04. The van der Waals surface area contributed by atoms with Crippen molar-refractivity contribution in [2.45, 2.75) is 11.4 Å². The minimum absolute atomic E-state index is 0.126. The molecular weight excluding hydrogens is 360 g/mol. The summed E-state index contributed by atoms with van der Waals surface area (Å²) in [7, 11) is -3.63. The fraction of sp³-hybridized carbons (Fsp3) is 0.0556. The normalized spacial score (nSPS) is 11.2. The zero-order chi connectivity index (χ0) is 17.7. The lowest BCUT2D eigenvalue weighted by molar-refractivity contribution is 0.482. The summed E-state index contributed by atoms with van der Waals surface area (Å²) in [6.07, 6.45) is 1.62. The van der Waals surface area contributed by atoms with E-state index in [0.717, 1.165) is 0 Å². The highest BCUT2D eigenvalue weighted by Gasteiger charge is 2.14. The quantitative estimate of drug-likeness (QED) is 0.708. The molecule has 1 aromatic heterocycles. The Morgan fingerprint density at radius 1 is 0.960 bits per heavy atom. The molecule has 5 nitrogen and oxygen atoms in total. The number of nitrogens with one attached hydrogen (secondary N) is 1. The Bertz CT molecular complexity index is 946. The summed E-state index contributed by atoms with van der Waals surface area (Å²) in [5.41, 5.74) is 0.643. The van der Waals surface area contributed by atoms with Crippen LogP contribution in [0.1, 0.15) is 5.69 Å². The molecule has 0 radical (unpaired) electrons. The molecule has 0 aliphatic carbocycles. The molecule has 0 amide bonds. The second-order valence-corrected chi connectivity index (χ2v) is 7.32. The SMILES string of the molecule is O=S(=O)(NCc1ccccn1)c1ccc(Oc2ccccc2Cl)cc1. The summed E-state index contributed by atoms with van der Waals surface area (Å²) < 4.78 is 32.8. The zero-order valence-electron chi connectivity index (χ0n) is 13.1. The van der Waals surface area contributed by atoms with Gasteiger partial charge in [-0.3, -0.25) is 4.98 Å². The molecule has 0 spiro atoms. The van der Waals surface area contributed by atoms with Crippen LogP contribution in [0.4, 0.5) is 0 Å². The van der Waals surface area contributed by atoms with Crippen molar-refractivity contribution in [3.8, 4) is 11.5 Å². The molecule has 3 rings (SSSR count). The molecule has 0 atom stereocenters. The highest BCUT2D eigenvalue weighted by atomic mass is 35.5. The second kappa shape index (κ2) is 7.65. The fourth-order valence-corrected chi connectivity index (χ4v) is 3.27. The number of hydrogen-bond donors (Lipinski definition) is 1. The van der Waals surface area contributed by atoms with Gasteiger partial charge in [0.2, 0.25) is 10.0 Å². The van der Waals surface area contributed by atoms with Gasteiger partial charge in [0, 0.05) is 6.20 Å². The molecule has 2 aromatic carbocycles. The second-order valence-electron chi connectivity index (χ2n) is 5.15. The molecule has 1 heterocycles. The van der Waals surface area contributed by atoms with Gasteiger partial charge in [-0.1, -0.05) is 29.8 Å². The first-order valence-corrected chi connectivity index (χ1v) is 9.33. The van der Waals surface area contributed by atoms with Crippen LogP contribution in [-0.2, 0) is 16.6 Å². The summed E-state index contributed by atoms with van der Waals surface area (Å²) in [4.78, 5) is 4.23. The van der Waals surface area contributed by atoms with Crippen LogP contribution in [0.3, 0.4) is 0 Å². The van der Waals surface area contributed by atoms with Crippen LogP contribution in [0.2, 0.25) is 5.02 Å². The number of rotatable bonds is 6. The molecule has 1 N–H and O–H groups in total. The standard InChI is InChI=1S/C18H15ClN2O3S/c19-17-6-1-2-7-18(17)24-15-8-10-16(11-9-15)25(22,23)21-13-14-5-3-4-12-20-14/h1-12,21H,13H2. The van der Waals surface area contributed by atoms with E-state index in [2.05, 4.69) is 9.71 Å². The largest absolute Gasteiger partial charge is 0.456 e. The molecular formula is C18H15ClN2O3S. The van der Waals surface area contributed by atoms with Gasteiger partial charge in [-0.15, -0.1) is 0 Å². The molecule has 0 unspecified atom stereocenters. The maximum Gasteiger partial charge on any atom is 0.240 e. The maximum atomic E-state index is 12.3. The molecule has 0 saturated heterocycles. The number of sulfonamides is 1. The first-order valence-electron chi connectivity index (χ1n) is 7.47. The highest BCUT2D eigenvalue weighted by Crippen LogP contribution is 2.29. The van der Waals surface area contributed by atoms with Crippen molar-refractivity contribution < 1.29 is 13.2 Å². The van der Waals surface area contributed by atoms with Crippen LogP contribution >= 0.6 is 11.6 Å². The summed E-state index contributed by atoms with van der Waals surface area (Å²) in [5, 5.41) is 0.483. The molecule has 3 aromatic rings. The molecule has 25 heavy (non-hydrogen) atoms. The molecule has 0 saturated carbocycles. The van der Waals surface area contributed by atoms with Crippen molar-refractivity contribution in [1.29, 1.82) is 0 Å². The minimum atomic E-state index is -3.63. The number of ether oxygens (including phenoxy) is 1. The van der Waals surface area contributed by atoms with E-state index in [-0.39, 0.29) is 11.4 Å². The Balaban J connectivity index is 1.69. The number of para-hydroxylation sites is 1. The average molecular weight is 375 g/mol. The van der Waals surface area contributed by atoms with E-state index in [1.165, 1.54) is 12.1 Å². The van der Waals surface area contributed by atoms with Crippen LogP contribution in [0.15, 0.2) is 77.8 Å². The predicted octanol–water partition coefficient (Wildman–Crippen LogP) is 4.01. The number of pyridine rings is 1. The first kappa shape index (κ1) is 17.4. The Hall–Kier alpha value is -2.41. The zero-order valence-corrected chi connectivity index (χ0v) is 14.7. The third kappa shape index (κ3) is 4.57. The van der Waals surface area contributed by atoms with Crippen molar-refractivity contribution in [2.75, 3.05) is 0 Å². The Labute approximate surface area is 151 Å². The third-order valence-corrected chi connectivity index (χ3v) is 5.10. The first-order chi connectivity index (χ1) is 12.0. The lowest BCUT2D eigenvalue weighted by Crippen LogP contribution is -2.23. The molecule has 7 heteroatoms. The van der Waals surface area contributed by atoms with E-state index in [0.29, 0.717) is 22.2 Å². The Morgan fingerprint density at radius 3 is 2.36 bits per heavy atom. The van der Waals surface area contributed by atoms with E-state index in [1.807, 2.05) is 6.07 Å². The van der Waals surface area contributed by atoms with Gasteiger partial charge in [-0.05, 0) is 48.5 Å². The van der Waals surface area contributed by atoms with E-state index in [9.17, 15) is 8.42 Å². The predicted molar refractivity (Wildman–Crippen MR) is 96.2 cm³/mol. The van der Waals surface area contributed by atoms with Gasteiger partial charge >= 0.3 is 0 Å². The lowest BCUT2D eigenvalue weighted by atomic mass is 10.3. The highest BCUT2D eigenvalue weighted by molar-refractivity contribution is 7.89. The van der Waals surface area contributed by atoms with Crippen LogP contribution in [-0.4, -0.2) is 13.4 Å². The van der Waals surface area contributed by atoms with Crippen molar-refractivity contribution in [3.05, 3.63) is 83.6 Å². The molecule has 0 aliphatic heterocycles. The number of nitrogens with zero attached hydrogens (tertiary/aromatic N) is 1. The van der Waals surface area contributed by atoms with Gasteiger partial charge in [0.05, 0.1) is 22.2 Å². The van der Waals surface area contributed by atoms with E-state index >= 15 is 0 Å². The van der Waals surface area contributed by atoms with Gasteiger partial charge in [0.15, 0.2) is 0 Å². The van der Waals surface area contributed by atoms with Crippen LogP contribution in [0.25, 0.3) is 0 Å². The van der Waals surface area contributed by atoms with Gasteiger partial charge < -0.3 is 4.74 Å². The smallest absolute Gasteiger partial charge is 0.240 e. The van der Waals surface area contributed by atoms with Gasteiger partial charge in [-0.2, -0.15) is 0 Å². The number of halogens is 1. The van der Waals surface area contributed by atoms with Crippen molar-refractivity contribution in [3.63, 3.8) is 0 Å². The third-order valence-electron chi connectivity index (χ3n) is 3.37. The van der Waals surface area contributed by atoms with E-state index in [4.69, 9.17) is 16.3 Å². The van der Waals surface area contributed by atoms with Gasteiger partial charge in [0.1, 0.15) is 11.5 Å². The van der Waals surface area contributed by atoms with Gasteiger partial charge in [0.25, 0.3) is 0 Å². The topological polar surface area (TPSA) is 68.3 Å². The maximum absolute atomic E-state index is 12.3. The Morgan fingerprint density at radius 2 is 1.68 bits per heavy atom. The molecule has 128 valence electrons. The van der Waals surface area contributed by atoms with E-state index in [1.54, 1.807) is 54.7 Å². The fourth-order valence-electron chi connectivity index (χ4n) is 2.10. The lowest BCUT2D eigenvalue weighted by Gasteiger charge is -2.09. The number of benzene rings is 2. The molecule has 0 fully saturated rings. The minimum Gasteiger partial charge on any atom is -0.456 e. The summed E-state index contributed by atoms with van der Waals surface area (Å²) in [6.45, 7) is 0.126. The van der Waals surface area contributed by atoms with E-state index < -0.39 is 10.0 Å². The van der Waals surface area contributed by atoms with Crippen LogP contribution < -0.4 is 9.46 Å². The van der Waals surface area contributed by atoms with Gasteiger partial charge in [-0.25, -0.2) is 13.1 Å². The average Bonchev–Trinajstić information content (AvgIpc) is 2.63. The Kier molecular flexibility index (Phi) is 5.33. The van der Waals surface area contributed by atoms with Crippen LogP contribution in [0, 0.1) is 0 Å². The monoisotopic (exact) mass is 374 g/mol. The number of aromatic nitrogens is 1. The summed E-state index contributed by atoms with van der Waals surface area (Å²) in [6, 6.07) is 18.5. The van der Waals surface area contributed by atoms with Crippen molar-refractivity contribution in [2.24, 2.45) is 0 Å².